The topological polar surface area (TPSA) is 105 Å². The van der Waals surface area contributed by atoms with Gasteiger partial charge in [-0.3, -0.25) is 0 Å². The zero-order chi connectivity index (χ0) is 20.8. The number of amides is 1. The fraction of sp³-hybridized carbons (Fsp3) is 0.364. The Bertz CT molecular complexity index is 820. The van der Waals surface area contributed by atoms with Crippen molar-refractivity contribution < 1.29 is 29.3 Å². The minimum atomic E-state index is -1.22. The molecule has 0 bridgehead atoms. The van der Waals surface area contributed by atoms with Crippen LogP contribution in [0.5, 0.6) is 0 Å². The van der Waals surface area contributed by atoms with Crippen molar-refractivity contribution in [2.24, 2.45) is 0 Å². The lowest BCUT2D eigenvalue weighted by Gasteiger charge is -2.17. The van der Waals surface area contributed by atoms with Crippen LogP contribution in [0.3, 0.4) is 0 Å². The summed E-state index contributed by atoms with van der Waals surface area (Å²) >= 11 is 0. The third-order valence-corrected chi connectivity index (χ3v) is 4.90. The maximum Gasteiger partial charge on any atom is 0.407 e. The number of hydrogen-bond donors (Lipinski definition) is 3. The molecule has 0 fully saturated rings. The van der Waals surface area contributed by atoms with Gasteiger partial charge >= 0.3 is 12.1 Å². The van der Waals surface area contributed by atoms with Gasteiger partial charge in [-0.05, 0) is 35.6 Å². The summed E-state index contributed by atoms with van der Waals surface area (Å²) in [6.45, 7) is 1.72. The maximum absolute atomic E-state index is 12.2. The molecule has 2 aromatic rings. The van der Waals surface area contributed by atoms with E-state index in [0.29, 0.717) is 6.42 Å². The number of rotatable bonds is 9. The van der Waals surface area contributed by atoms with Crippen LogP contribution >= 0.6 is 0 Å². The number of nitrogens with one attached hydrogen (secondary N) is 1. The van der Waals surface area contributed by atoms with Crippen LogP contribution in [-0.2, 0) is 14.3 Å². The molecule has 0 aliphatic heterocycles. The molecule has 3 N–H and O–H groups in total. The Hall–Kier alpha value is -2.90. The molecule has 1 aliphatic carbocycles. The number of fused-ring (bicyclic) bond motifs is 3. The molecule has 0 saturated heterocycles. The van der Waals surface area contributed by atoms with Gasteiger partial charge in [-0.1, -0.05) is 48.5 Å². The third-order valence-electron chi connectivity index (χ3n) is 4.90. The van der Waals surface area contributed by atoms with Crippen molar-refractivity contribution in [1.29, 1.82) is 0 Å². The van der Waals surface area contributed by atoms with Crippen molar-refractivity contribution in [3.8, 4) is 11.1 Å². The minimum Gasteiger partial charge on any atom is -0.480 e. The molecule has 2 atom stereocenters. The van der Waals surface area contributed by atoms with E-state index in [-0.39, 0.29) is 25.7 Å². The Labute approximate surface area is 169 Å². The third kappa shape index (κ3) is 5.13. The van der Waals surface area contributed by atoms with Crippen LogP contribution in [-0.4, -0.2) is 54.2 Å². The molecule has 0 aromatic heterocycles. The summed E-state index contributed by atoms with van der Waals surface area (Å²) in [5.41, 5.74) is 4.40. The van der Waals surface area contributed by atoms with E-state index in [1.165, 1.54) is 0 Å². The van der Waals surface area contributed by atoms with E-state index in [2.05, 4.69) is 5.32 Å². The Kier molecular flexibility index (Phi) is 6.85. The molecule has 3 rings (SSSR count). The fourth-order valence-corrected chi connectivity index (χ4v) is 3.41. The van der Waals surface area contributed by atoms with E-state index in [9.17, 15) is 19.8 Å². The van der Waals surface area contributed by atoms with Crippen LogP contribution in [0, 0.1) is 0 Å². The summed E-state index contributed by atoms with van der Waals surface area (Å²) in [5, 5.41) is 20.8. The molecule has 0 spiro atoms. The molecule has 0 unspecified atom stereocenters. The van der Waals surface area contributed by atoms with E-state index in [1.807, 2.05) is 48.5 Å². The first kappa shape index (κ1) is 20.8. The largest absolute Gasteiger partial charge is 0.480 e. The lowest BCUT2D eigenvalue weighted by molar-refractivity contribution is -0.141. The van der Waals surface area contributed by atoms with Crippen LogP contribution in [0.25, 0.3) is 11.1 Å². The van der Waals surface area contributed by atoms with E-state index in [0.717, 1.165) is 22.3 Å². The van der Waals surface area contributed by atoms with Gasteiger partial charge in [0.05, 0.1) is 12.7 Å². The molecule has 1 aliphatic rings. The number of alkyl carbamates (subject to hydrolysis) is 1. The molecule has 7 nitrogen and oxygen atoms in total. The van der Waals surface area contributed by atoms with Gasteiger partial charge in [0, 0.05) is 12.5 Å². The minimum absolute atomic E-state index is 0.0984. The highest BCUT2D eigenvalue weighted by Gasteiger charge is 2.29. The van der Waals surface area contributed by atoms with Gasteiger partial charge in [0.25, 0.3) is 0 Å². The van der Waals surface area contributed by atoms with Crippen LogP contribution in [0.1, 0.15) is 30.4 Å². The Balaban J connectivity index is 1.58. The number of ether oxygens (including phenoxy) is 2. The fourth-order valence-electron chi connectivity index (χ4n) is 3.41. The van der Waals surface area contributed by atoms with Gasteiger partial charge in [-0.2, -0.15) is 0 Å². The number of carbonyl (C=O) groups is 2. The summed E-state index contributed by atoms with van der Waals surface area (Å²) in [5.74, 6) is -1.31. The summed E-state index contributed by atoms with van der Waals surface area (Å²) in [6, 6.07) is 14.7. The van der Waals surface area contributed by atoms with Gasteiger partial charge in [-0.25, -0.2) is 9.59 Å². The van der Waals surface area contributed by atoms with Gasteiger partial charge in [0.2, 0.25) is 0 Å². The van der Waals surface area contributed by atoms with Crippen molar-refractivity contribution in [3.05, 3.63) is 59.7 Å². The first-order valence-corrected chi connectivity index (χ1v) is 9.57. The monoisotopic (exact) mass is 399 g/mol. The van der Waals surface area contributed by atoms with E-state index in [4.69, 9.17) is 9.47 Å². The summed E-state index contributed by atoms with van der Waals surface area (Å²) in [4.78, 5) is 23.5. The lowest BCUT2D eigenvalue weighted by atomic mass is 9.98. The molecule has 29 heavy (non-hydrogen) atoms. The maximum atomic E-state index is 12.2. The zero-order valence-corrected chi connectivity index (χ0v) is 16.2. The Morgan fingerprint density at radius 2 is 1.66 bits per heavy atom. The predicted octanol–water partition coefficient (Wildman–Crippen LogP) is 2.77. The summed E-state index contributed by atoms with van der Waals surface area (Å²) in [7, 11) is 0. The molecule has 154 valence electrons. The standard InChI is InChI=1S/C22H25NO6/c1-14(24)10-11-28-13-20(21(25)26)23-22(27)29-12-19-17-8-4-2-6-15(17)16-7-3-5-9-18(16)19/h2-9,14,19-20,24H,10-13H2,1H3,(H,23,27)(H,25,26)/t14-,20+/m1/s1. The highest BCUT2D eigenvalue weighted by Crippen LogP contribution is 2.44. The number of aliphatic carboxylic acids is 1. The second-order valence-electron chi connectivity index (χ2n) is 7.07. The molecule has 1 amide bonds. The average Bonchev–Trinajstić information content (AvgIpc) is 3.02. The summed E-state index contributed by atoms with van der Waals surface area (Å²) in [6.07, 6.45) is -0.955. The molecule has 2 aromatic carbocycles. The van der Waals surface area contributed by atoms with E-state index >= 15 is 0 Å². The smallest absolute Gasteiger partial charge is 0.407 e. The molecule has 0 heterocycles. The van der Waals surface area contributed by atoms with Crippen molar-refractivity contribution in [2.45, 2.75) is 31.4 Å². The Morgan fingerprint density at radius 3 is 2.21 bits per heavy atom. The number of carboxylic acid groups (broad SMARTS) is 1. The van der Waals surface area contributed by atoms with E-state index < -0.39 is 24.2 Å². The first-order valence-electron chi connectivity index (χ1n) is 9.57. The van der Waals surface area contributed by atoms with Crippen molar-refractivity contribution in [3.63, 3.8) is 0 Å². The molecular formula is C22H25NO6. The van der Waals surface area contributed by atoms with Crippen molar-refractivity contribution in [1.82, 2.24) is 5.32 Å². The normalized spacial score (nSPS) is 14.6. The first-order chi connectivity index (χ1) is 14.0. The van der Waals surface area contributed by atoms with Crippen LogP contribution in [0.4, 0.5) is 4.79 Å². The van der Waals surface area contributed by atoms with Gasteiger partial charge in [0.15, 0.2) is 6.04 Å². The summed E-state index contributed by atoms with van der Waals surface area (Å²) < 4.78 is 10.6. The second-order valence-corrected chi connectivity index (χ2v) is 7.07. The zero-order valence-electron chi connectivity index (χ0n) is 16.2. The predicted molar refractivity (Wildman–Crippen MR) is 107 cm³/mol. The number of carbonyl (C=O) groups excluding carboxylic acids is 1. The molecular weight excluding hydrogens is 374 g/mol. The number of aliphatic hydroxyl groups is 1. The van der Waals surface area contributed by atoms with Crippen molar-refractivity contribution >= 4 is 12.1 Å². The van der Waals surface area contributed by atoms with Crippen LogP contribution < -0.4 is 5.32 Å². The van der Waals surface area contributed by atoms with Gasteiger partial charge < -0.3 is 25.0 Å². The van der Waals surface area contributed by atoms with Crippen LogP contribution in [0.15, 0.2) is 48.5 Å². The molecule has 0 saturated carbocycles. The van der Waals surface area contributed by atoms with E-state index in [1.54, 1.807) is 6.92 Å². The van der Waals surface area contributed by atoms with Crippen molar-refractivity contribution in [2.75, 3.05) is 19.8 Å². The quantitative estimate of drug-likeness (QED) is 0.560. The SMILES string of the molecule is C[C@@H](O)CCOC[C@H](NC(=O)OCC1c2ccccc2-c2ccccc21)C(=O)O. The average molecular weight is 399 g/mol. The highest BCUT2D eigenvalue weighted by atomic mass is 16.5. The Morgan fingerprint density at radius 1 is 1.07 bits per heavy atom. The number of aliphatic hydroxyl groups excluding tert-OH is 1. The van der Waals surface area contributed by atoms with Crippen LogP contribution in [0.2, 0.25) is 0 Å². The molecule has 0 radical (unpaired) electrons. The second kappa shape index (κ2) is 9.54. The number of hydrogen-bond acceptors (Lipinski definition) is 5. The molecule has 7 heteroatoms. The van der Waals surface area contributed by atoms with Gasteiger partial charge in [-0.15, -0.1) is 0 Å². The number of benzene rings is 2. The highest BCUT2D eigenvalue weighted by molar-refractivity contribution is 5.81. The lowest BCUT2D eigenvalue weighted by Crippen LogP contribution is -2.44. The number of carboxylic acids is 1. The van der Waals surface area contributed by atoms with Gasteiger partial charge in [0.1, 0.15) is 6.61 Å².